The van der Waals surface area contributed by atoms with Crippen LogP contribution in [-0.2, 0) is 14.4 Å². The summed E-state index contributed by atoms with van der Waals surface area (Å²) >= 11 is 0. The second-order valence-corrected chi connectivity index (χ2v) is 8.28. The van der Waals surface area contributed by atoms with Gasteiger partial charge in [0.25, 0.3) is 0 Å². The molecule has 0 radical (unpaired) electrons. The van der Waals surface area contributed by atoms with Crippen LogP contribution in [-0.4, -0.2) is 41.8 Å². The summed E-state index contributed by atoms with van der Waals surface area (Å²) < 4.78 is 11.2. The van der Waals surface area contributed by atoms with Crippen LogP contribution in [0.15, 0.2) is 48.7 Å². The van der Waals surface area contributed by atoms with E-state index in [4.69, 9.17) is 9.47 Å². The quantitative estimate of drug-likeness (QED) is 0.701. The van der Waals surface area contributed by atoms with Crippen molar-refractivity contribution in [3.63, 3.8) is 0 Å². The summed E-state index contributed by atoms with van der Waals surface area (Å²) in [5.74, 6) is -0.986. The molecule has 4 aliphatic rings. The number of ketones is 1. The summed E-state index contributed by atoms with van der Waals surface area (Å²) in [6.07, 6.45) is 3.79. The third-order valence-corrected chi connectivity index (χ3v) is 6.66. The largest absolute Gasteiger partial charge is 0.486 e. The van der Waals surface area contributed by atoms with E-state index >= 15 is 0 Å². The van der Waals surface area contributed by atoms with Crippen LogP contribution < -0.4 is 14.4 Å². The van der Waals surface area contributed by atoms with Gasteiger partial charge in [-0.1, -0.05) is 24.3 Å². The number of imide groups is 1. The van der Waals surface area contributed by atoms with Crippen molar-refractivity contribution in [1.29, 1.82) is 0 Å². The van der Waals surface area contributed by atoms with Crippen LogP contribution in [0.2, 0.25) is 0 Å². The fourth-order valence-electron chi connectivity index (χ4n) is 5.45. The van der Waals surface area contributed by atoms with Gasteiger partial charge in [0.15, 0.2) is 17.3 Å². The first kappa shape index (κ1) is 18.2. The topological polar surface area (TPSA) is 76.1 Å². The summed E-state index contributed by atoms with van der Waals surface area (Å²) in [7, 11) is 0. The molecule has 0 aliphatic carbocycles. The summed E-state index contributed by atoms with van der Waals surface area (Å²) in [5.41, 5.74) is 2.42. The van der Waals surface area contributed by atoms with Crippen molar-refractivity contribution in [1.82, 2.24) is 4.90 Å². The van der Waals surface area contributed by atoms with Gasteiger partial charge < -0.3 is 14.4 Å². The highest BCUT2D eigenvalue weighted by atomic mass is 16.6. The second kappa shape index (κ2) is 6.44. The number of benzene rings is 2. The molecule has 2 fully saturated rings. The van der Waals surface area contributed by atoms with Gasteiger partial charge >= 0.3 is 0 Å². The number of carbonyl (C=O) groups is 3. The SMILES string of the molecule is CC(=O)[C@H]1[C@@H]2C(=O)N(c3ccc4c(c3)OCCO4)C(=O)[C@@H]2[C@H]2c3ccccc3C=CN21. The lowest BCUT2D eigenvalue weighted by atomic mass is 9.84. The molecule has 0 saturated carbocycles. The van der Waals surface area contributed by atoms with Crippen LogP contribution in [0.1, 0.15) is 24.1 Å². The third kappa shape index (κ3) is 2.43. The zero-order valence-corrected chi connectivity index (χ0v) is 16.9. The smallest absolute Gasteiger partial charge is 0.240 e. The Labute approximate surface area is 178 Å². The van der Waals surface area contributed by atoms with E-state index in [1.165, 1.54) is 11.8 Å². The van der Waals surface area contributed by atoms with Gasteiger partial charge in [-0.15, -0.1) is 0 Å². The van der Waals surface area contributed by atoms with Gasteiger partial charge in [0.05, 0.1) is 29.6 Å². The molecule has 0 aromatic heterocycles. The normalized spacial score (nSPS) is 27.8. The maximum Gasteiger partial charge on any atom is 0.240 e. The molecule has 2 aromatic rings. The molecule has 2 saturated heterocycles. The Kier molecular flexibility index (Phi) is 3.78. The van der Waals surface area contributed by atoms with E-state index in [1.54, 1.807) is 18.2 Å². The zero-order chi connectivity index (χ0) is 21.3. The molecule has 7 nitrogen and oxygen atoms in total. The fourth-order valence-corrected chi connectivity index (χ4v) is 5.45. The molecule has 4 aliphatic heterocycles. The number of ether oxygens (including phenoxy) is 2. The average molecular weight is 416 g/mol. The van der Waals surface area contributed by atoms with Crippen molar-refractivity contribution in [3.05, 3.63) is 59.8 Å². The summed E-state index contributed by atoms with van der Waals surface area (Å²) in [6, 6.07) is 11.9. The average Bonchev–Trinajstić information content (AvgIpc) is 3.26. The van der Waals surface area contributed by atoms with E-state index < -0.39 is 17.9 Å². The minimum atomic E-state index is -0.723. The number of hydrogen-bond acceptors (Lipinski definition) is 6. The van der Waals surface area contributed by atoms with Gasteiger partial charge in [-0.05, 0) is 36.3 Å². The van der Waals surface area contributed by atoms with Crippen LogP contribution in [0, 0.1) is 11.8 Å². The molecule has 6 rings (SSSR count). The molecule has 31 heavy (non-hydrogen) atoms. The van der Waals surface area contributed by atoms with Gasteiger partial charge in [-0.3, -0.25) is 14.4 Å². The van der Waals surface area contributed by atoms with Crippen molar-refractivity contribution in [2.75, 3.05) is 18.1 Å². The monoisotopic (exact) mass is 416 g/mol. The van der Waals surface area contributed by atoms with Crippen LogP contribution in [0.5, 0.6) is 11.5 Å². The standard InChI is InChI=1S/C24H20N2O5/c1-13(27)21-19-20(22-16-5-3-2-4-14(16)8-9-25(21)22)24(29)26(23(19)28)15-6-7-17-18(12-15)31-11-10-30-17/h2-9,12,19-22H,10-11H2,1H3/t19-,20+,21+,22-/m1/s1. The van der Waals surface area contributed by atoms with E-state index in [2.05, 4.69) is 0 Å². The van der Waals surface area contributed by atoms with E-state index in [-0.39, 0.29) is 23.6 Å². The zero-order valence-electron chi connectivity index (χ0n) is 16.9. The number of nitrogens with zero attached hydrogens (tertiary/aromatic N) is 2. The summed E-state index contributed by atoms with van der Waals surface area (Å²) in [5, 5.41) is 0. The van der Waals surface area contributed by atoms with Gasteiger partial charge in [0.1, 0.15) is 13.2 Å². The Hall–Kier alpha value is -3.61. The first-order valence-electron chi connectivity index (χ1n) is 10.4. The molecule has 4 heterocycles. The fraction of sp³-hybridized carbons (Fsp3) is 0.292. The predicted molar refractivity (Wildman–Crippen MR) is 111 cm³/mol. The molecule has 156 valence electrons. The van der Waals surface area contributed by atoms with E-state index in [9.17, 15) is 14.4 Å². The van der Waals surface area contributed by atoms with Crippen molar-refractivity contribution >= 4 is 29.4 Å². The summed E-state index contributed by atoms with van der Waals surface area (Å²) in [4.78, 5) is 43.0. The van der Waals surface area contributed by atoms with Crippen molar-refractivity contribution in [2.45, 2.75) is 19.0 Å². The Morgan fingerprint density at radius 1 is 0.968 bits per heavy atom. The molecule has 2 aromatic carbocycles. The molecule has 2 amide bonds. The molecule has 0 unspecified atom stereocenters. The van der Waals surface area contributed by atoms with Crippen LogP contribution >= 0.6 is 0 Å². The Bertz CT molecular complexity index is 1170. The highest BCUT2D eigenvalue weighted by molar-refractivity contribution is 6.24. The Morgan fingerprint density at radius 3 is 2.52 bits per heavy atom. The molecular formula is C24H20N2O5. The number of amides is 2. The lowest BCUT2D eigenvalue weighted by Gasteiger charge is -2.35. The maximum absolute atomic E-state index is 13.7. The molecule has 0 N–H and O–H groups in total. The number of anilines is 1. The highest BCUT2D eigenvalue weighted by Gasteiger charge is 2.64. The minimum Gasteiger partial charge on any atom is -0.486 e. The molecule has 7 heteroatoms. The second-order valence-electron chi connectivity index (χ2n) is 8.28. The number of fused-ring (bicyclic) bond motifs is 6. The maximum atomic E-state index is 13.7. The lowest BCUT2D eigenvalue weighted by molar-refractivity contribution is -0.129. The summed E-state index contributed by atoms with van der Waals surface area (Å²) in [6.45, 7) is 2.36. The van der Waals surface area contributed by atoms with Crippen LogP contribution in [0.25, 0.3) is 6.08 Å². The molecule has 0 spiro atoms. The molecule has 4 atom stereocenters. The Morgan fingerprint density at radius 2 is 1.71 bits per heavy atom. The van der Waals surface area contributed by atoms with Crippen molar-refractivity contribution in [2.24, 2.45) is 11.8 Å². The number of rotatable bonds is 2. The predicted octanol–water partition coefficient (Wildman–Crippen LogP) is 2.56. The van der Waals surface area contributed by atoms with Crippen molar-refractivity contribution in [3.8, 4) is 11.5 Å². The number of Topliss-reactive ketones (excluding diaryl/α,β-unsaturated/α-hetero) is 1. The molecule has 0 bridgehead atoms. The first-order valence-corrected chi connectivity index (χ1v) is 10.4. The van der Waals surface area contributed by atoms with Gasteiger partial charge in [-0.25, -0.2) is 4.90 Å². The van der Waals surface area contributed by atoms with Gasteiger partial charge in [-0.2, -0.15) is 0 Å². The first-order chi connectivity index (χ1) is 15.1. The Balaban J connectivity index is 1.46. The highest BCUT2D eigenvalue weighted by Crippen LogP contribution is 2.53. The van der Waals surface area contributed by atoms with Crippen molar-refractivity contribution < 1.29 is 23.9 Å². The number of carbonyl (C=O) groups excluding carboxylic acids is 3. The van der Waals surface area contributed by atoms with Crippen LogP contribution in [0.3, 0.4) is 0 Å². The van der Waals surface area contributed by atoms with Crippen LogP contribution in [0.4, 0.5) is 5.69 Å². The molecular weight excluding hydrogens is 396 g/mol. The third-order valence-electron chi connectivity index (χ3n) is 6.66. The minimum absolute atomic E-state index is 0.119. The lowest BCUT2D eigenvalue weighted by Crippen LogP contribution is -2.43. The van der Waals surface area contributed by atoms with Gasteiger partial charge in [0, 0.05) is 12.3 Å². The van der Waals surface area contributed by atoms with Gasteiger partial charge in [0.2, 0.25) is 11.8 Å². The van der Waals surface area contributed by atoms with E-state index in [1.807, 2.05) is 41.4 Å². The van der Waals surface area contributed by atoms with E-state index in [0.29, 0.717) is 30.4 Å². The van der Waals surface area contributed by atoms with E-state index in [0.717, 1.165) is 11.1 Å². The number of hydrogen-bond donors (Lipinski definition) is 0.